The van der Waals surface area contributed by atoms with E-state index in [0.29, 0.717) is 5.75 Å². The molecule has 3 nitrogen and oxygen atoms in total. The third-order valence-corrected chi connectivity index (χ3v) is 3.59. The number of fused-ring (bicyclic) bond motifs is 1. The van der Waals surface area contributed by atoms with Crippen LogP contribution >= 0.6 is 11.8 Å². The summed E-state index contributed by atoms with van der Waals surface area (Å²) in [5.74, 6) is 1.85. The second-order valence-corrected chi connectivity index (χ2v) is 4.95. The lowest BCUT2D eigenvalue weighted by atomic mass is 10.2. The molecule has 0 bridgehead atoms. The molecule has 0 aliphatic carbocycles. The van der Waals surface area contributed by atoms with Crippen LogP contribution < -0.4 is 9.47 Å². The summed E-state index contributed by atoms with van der Waals surface area (Å²) in [6.45, 7) is 0.287. The van der Waals surface area contributed by atoms with Crippen LogP contribution in [-0.2, 0) is 0 Å². The molecule has 0 saturated carbocycles. The summed E-state index contributed by atoms with van der Waals surface area (Å²) in [6, 6.07) is 13.1. The first-order valence-electron chi connectivity index (χ1n) is 5.84. The molecule has 2 aromatic carbocycles. The molecule has 0 atom stereocenters. The predicted octanol–water partition coefficient (Wildman–Crippen LogP) is 3.88. The minimum atomic E-state index is 0.287. The average molecular weight is 272 g/mol. The quantitative estimate of drug-likeness (QED) is 0.860. The Morgan fingerprint density at radius 3 is 2.79 bits per heavy atom. The molecule has 19 heavy (non-hydrogen) atoms. The summed E-state index contributed by atoms with van der Waals surface area (Å²) in [7, 11) is 0. The fraction of sp³-hybridized carbons (Fsp3) is 0.0667. The highest BCUT2D eigenvalue weighted by atomic mass is 32.2. The normalized spacial score (nSPS) is 13.1. The van der Waals surface area contributed by atoms with Gasteiger partial charge in [-0.2, -0.15) is 0 Å². The monoisotopic (exact) mass is 272 g/mol. The van der Waals surface area contributed by atoms with Gasteiger partial charge < -0.3 is 14.6 Å². The predicted molar refractivity (Wildman–Crippen MR) is 75.6 cm³/mol. The van der Waals surface area contributed by atoms with Gasteiger partial charge in [0.05, 0.1) is 4.90 Å². The lowest BCUT2D eigenvalue weighted by Gasteiger charge is -2.00. The van der Waals surface area contributed by atoms with Gasteiger partial charge in [0.15, 0.2) is 11.5 Å². The molecule has 1 aliphatic rings. The van der Waals surface area contributed by atoms with Crippen molar-refractivity contribution in [2.24, 2.45) is 0 Å². The van der Waals surface area contributed by atoms with E-state index >= 15 is 0 Å². The number of hydrogen-bond acceptors (Lipinski definition) is 4. The standard InChI is InChI=1S/C15H12O3S/c16-12-3-1-2-4-15(12)19-8-7-11-5-6-13-14(9-11)18-10-17-13/h1-9,16H,10H2/b8-7+. The molecule has 0 fully saturated rings. The number of rotatable bonds is 3. The van der Waals surface area contributed by atoms with Gasteiger partial charge in [0.25, 0.3) is 0 Å². The molecule has 2 aromatic rings. The van der Waals surface area contributed by atoms with Crippen molar-refractivity contribution in [3.63, 3.8) is 0 Å². The minimum Gasteiger partial charge on any atom is -0.507 e. The molecule has 1 aliphatic heterocycles. The molecule has 0 amide bonds. The lowest BCUT2D eigenvalue weighted by molar-refractivity contribution is 0.174. The largest absolute Gasteiger partial charge is 0.507 e. The maximum absolute atomic E-state index is 9.64. The van der Waals surface area contributed by atoms with Crippen molar-refractivity contribution >= 4 is 17.8 Å². The molecule has 96 valence electrons. The zero-order valence-electron chi connectivity index (χ0n) is 10.1. The Labute approximate surface area is 115 Å². The number of benzene rings is 2. The maximum Gasteiger partial charge on any atom is 0.231 e. The molecule has 1 heterocycles. The van der Waals surface area contributed by atoms with Crippen LogP contribution in [0.1, 0.15) is 5.56 Å². The van der Waals surface area contributed by atoms with E-state index in [1.807, 2.05) is 41.8 Å². The number of hydrogen-bond donors (Lipinski definition) is 1. The van der Waals surface area contributed by atoms with Gasteiger partial charge in [0.1, 0.15) is 5.75 Å². The highest BCUT2D eigenvalue weighted by Gasteiger charge is 2.12. The van der Waals surface area contributed by atoms with Gasteiger partial charge in [-0.05, 0) is 41.3 Å². The van der Waals surface area contributed by atoms with Gasteiger partial charge in [-0.15, -0.1) is 0 Å². The Bertz CT molecular complexity index is 623. The fourth-order valence-electron chi connectivity index (χ4n) is 1.76. The van der Waals surface area contributed by atoms with Crippen molar-refractivity contribution < 1.29 is 14.6 Å². The molecule has 0 spiro atoms. The van der Waals surface area contributed by atoms with E-state index in [0.717, 1.165) is 22.0 Å². The topological polar surface area (TPSA) is 38.7 Å². The number of para-hydroxylation sites is 1. The molecule has 0 unspecified atom stereocenters. The lowest BCUT2D eigenvalue weighted by Crippen LogP contribution is -1.92. The molecule has 1 N–H and O–H groups in total. The molecule has 4 heteroatoms. The van der Waals surface area contributed by atoms with E-state index in [2.05, 4.69) is 0 Å². The van der Waals surface area contributed by atoms with Crippen LogP contribution in [0.4, 0.5) is 0 Å². The first-order valence-corrected chi connectivity index (χ1v) is 6.72. The third kappa shape index (κ3) is 2.69. The summed E-state index contributed by atoms with van der Waals surface area (Å²) >= 11 is 1.47. The number of ether oxygens (including phenoxy) is 2. The highest BCUT2D eigenvalue weighted by Crippen LogP contribution is 2.34. The number of phenols is 1. The molecule has 3 rings (SSSR count). The van der Waals surface area contributed by atoms with Gasteiger partial charge >= 0.3 is 0 Å². The Morgan fingerprint density at radius 1 is 1.05 bits per heavy atom. The summed E-state index contributed by atoms with van der Waals surface area (Å²) in [5, 5.41) is 11.6. The van der Waals surface area contributed by atoms with E-state index in [9.17, 15) is 5.11 Å². The summed E-state index contributed by atoms with van der Waals surface area (Å²) < 4.78 is 10.6. The van der Waals surface area contributed by atoms with E-state index in [1.54, 1.807) is 12.1 Å². The fourth-order valence-corrected chi connectivity index (χ4v) is 2.48. The average Bonchev–Trinajstić information content (AvgIpc) is 2.88. The molecule has 0 radical (unpaired) electrons. The summed E-state index contributed by atoms with van der Waals surface area (Å²) in [4.78, 5) is 0.833. The molecule has 0 saturated heterocycles. The van der Waals surface area contributed by atoms with Crippen molar-refractivity contribution in [1.29, 1.82) is 0 Å². The van der Waals surface area contributed by atoms with Crippen molar-refractivity contribution in [2.75, 3.05) is 6.79 Å². The summed E-state index contributed by atoms with van der Waals surface area (Å²) in [5.41, 5.74) is 1.03. The van der Waals surface area contributed by atoms with Gasteiger partial charge in [-0.3, -0.25) is 0 Å². The Kier molecular flexibility index (Phi) is 3.33. The van der Waals surface area contributed by atoms with Crippen LogP contribution in [0.15, 0.2) is 52.8 Å². The maximum atomic E-state index is 9.64. The molecule has 0 aromatic heterocycles. The summed E-state index contributed by atoms with van der Waals surface area (Å²) in [6.07, 6.45) is 1.97. The smallest absolute Gasteiger partial charge is 0.231 e. The third-order valence-electron chi connectivity index (χ3n) is 2.72. The van der Waals surface area contributed by atoms with Crippen molar-refractivity contribution in [3.05, 3.63) is 53.4 Å². The second-order valence-electron chi connectivity index (χ2n) is 4.00. The van der Waals surface area contributed by atoms with Gasteiger partial charge in [0.2, 0.25) is 6.79 Å². The molecular formula is C15H12O3S. The highest BCUT2D eigenvalue weighted by molar-refractivity contribution is 8.02. The Hall–Kier alpha value is -2.07. The zero-order chi connectivity index (χ0) is 13.1. The van der Waals surface area contributed by atoms with E-state index < -0.39 is 0 Å². The van der Waals surface area contributed by atoms with E-state index in [1.165, 1.54) is 11.8 Å². The van der Waals surface area contributed by atoms with Crippen molar-refractivity contribution in [1.82, 2.24) is 0 Å². The number of phenolic OH excluding ortho intramolecular Hbond substituents is 1. The van der Waals surface area contributed by atoms with Gasteiger partial charge in [0, 0.05) is 0 Å². The van der Waals surface area contributed by atoms with Crippen molar-refractivity contribution in [2.45, 2.75) is 4.90 Å². The SMILES string of the molecule is Oc1ccccc1S/C=C/c1ccc2c(c1)OCO2. The van der Waals surface area contributed by atoms with Crippen LogP contribution in [0.2, 0.25) is 0 Å². The Morgan fingerprint density at radius 2 is 1.89 bits per heavy atom. The number of aromatic hydroxyl groups is 1. The zero-order valence-corrected chi connectivity index (χ0v) is 10.9. The second kappa shape index (κ2) is 5.28. The van der Waals surface area contributed by atoms with Crippen molar-refractivity contribution in [3.8, 4) is 17.2 Å². The van der Waals surface area contributed by atoms with Crippen LogP contribution in [0.25, 0.3) is 6.08 Å². The van der Waals surface area contributed by atoms with Gasteiger partial charge in [-0.25, -0.2) is 0 Å². The van der Waals surface area contributed by atoms with Gasteiger partial charge in [-0.1, -0.05) is 30.0 Å². The molecular weight excluding hydrogens is 260 g/mol. The first kappa shape index (κ1) is 12.0. The minimum absolute atomic E-state index is 0.287. The van der Waals surface area contributed by atoms with Crippen LogP contribution in [0.3, 0.4) is 0 Å². The van der Waals surface area contributed by atoms with E-state index in [4.69, 9.17) is 9.47 Å². The van der Waals surface area contributed by atoms with Crippen LogP contribution in [-0.4, -0.2) is 11.9 Å². The number of thioether (sulfide) groups is 1. The first-order chi connectivity index (χ1) is 9.33. The van der Waals surface area contributed by atoms with Crippen LogP contribution in [0.5, 0.6) is 17.2 Å². The van der Waals surface area contributed by atoms with Crippen LogP contribution in [0, 0.1) is 0 Å². The Balaban J connectivity index is 1.71. The van der Waals surface area contributed by atoms with E-state index in [-0.39, 0.29) is 6.79 Å².